The molecule has 0 aliphatic heterocycles. The molecule has 0 N–H and O–H groups in total. The Morgan fingerprint density at radius 1 is 1.50 bits per heavy atom. The summed E-state index contributed by atoms with van der Waals surface area (Å²) in [5.74, 6) is -1.55. The molecular weight excluding hydrogens is 287 g/mol. The number of carbonyl (C=O) groups excluding carboxylic acids is 2. The number of hydrogen-bond acceptors (Lipinski definition) is 5. The molecule has 0 bridgehead atoms. The topological polar surface area (TPSA) is 77.5 Å². The van der Waals surface area contributed by atoms with Crippen LogP contribution in [0.3, 0.4) is 0 Å². The summed E-state index contributed by atoms with van der Waals surface area (Å²) in [6.07, 6.45) is 0.744. The molecule has 1 aliphatic rings. The molecule has 1 fully saturated rings. The zero-order valence-electron chi connectivity index (χ0n) is 12.0. The standard InChI is InChI=1S/C13H21FO5S/c1-9(2)10-4-5-11(15)13(8-10,12(16)19-3)6-7-20(14,17)18/h9-10H,4-8H2,1-3H3. The van der Waals surface area contributed by atoms with E-state index in [9.17, 15) is 21.9 Å². The van der Waals surface area contributed by atoms with Gasteiger partial charge in [-0.15, -0.1) is 3.89 Å². The molecule has 7 heteroatoms. The Labute approximate surface area is 119 Å². The van der Waals surface area contributed by atoms with Crippen LogP contribution in [0.2, 0.25) is 0 Å². The molecule has 0 aromatic carbocycles. The van der Waals surface area contributed by atoms with Gasteiger partial charge in [-0.25, -0.2) is 0 Å². The minimum Gasteiger partial charge on any atom is -0.468 e. The molecule has 116 valence electrons. The number of rotatable bonds is 5. The molecule has 5 nitrogen and oxygen atoms in total. The van der Waals surface area contributed by atoms with Gasteiger partial charge in [0.25, 0.3) is 0 Å². The summed E-state index contributed by atoms with van der Waals surface area (Å²) in [7, 11) is -3.57. The average molecular weight is 308 g/mol. The van der Waals surface area contributed by atoms with E-state index in [4.69, 9.17) is 0 Å². The van der Waals surface area contributed by atoms with Gasteiger partial charge >= 0.3 is 16.2 Å². The number of Topliss-reactive ketones (excluding diaryl/α,β-unsaturated/α-hetero) is 1. The number of esters is 1. The van der Waals surface area contributed by atoms with Crippen molar-refractivity contribution in [2.45, 2.75) is 39.5 Å². The van der Waals surface area contributed by atoms with E-state index in [1.807, 2.05) is 13.8 Å². The van der Waals surface area contributed by atoms with Crippen LogP contribution in [0.25, 0.3) is 0 Å². The Hall–Kier alpha value is -0.980. The van der Waals surface area contributed by atoms with Gasteiger partial charge in [0.05, 0.1) is 12.9 Å². The molecule has 0 aromatic rings. The van der Waals surface area contributed by atoms with Crippen LogP contribution in [0.5, 0.6) is 0 Å². The van der Waals surface area contributed by atoms with Crippen molar-refractivity contribution in [1.29, 1.82) is 0 Å². The number of ether oxygens (including phenoxy) is 1. The molecule has 1 saturated carbocycles. The maximum absolute atomic E-state index is 12.8. The quantitative estimate of drug-likeness (QED) is 0.440. The van der Waals surface area contributed by atoms with Crippen LogP contribution in [0.1, 0.15) is 39.5 Å². The van der Waals surface area contributed by atoms with Crippen LogP contribution >= 0.6 is 0 Å². The van der Waals surface area contributed by atoms with Crippen molar-refractivity contribution in [3.63, 3.8) is 0 Å². The zero-order chi connectivity index (χ0) is 15.6. The van der Waals surface area contributed by atoms with Gasteiger partial charge in [0.2, 0.25) is 0 Å². The molecule has 1 aliphatic carbocycles. The lowest BCUT2D eigenvalue weighted by Crippen LogP contribution is -2.46. The van der Waals surface area contributed by atoms with E-state index in [0.29, 0.717) is 6.42 Å². The van der Waals surface area contributed by atoms with Crippen LogP contribution in [0.4, 0.5) is 3.89 Å². The van der Waals surface area contributed by atoms with Crippen LogP contribution < -0.4 is 0 Å². The van der Waals surface area contributed by atoms with Gasteiger partial charge in [0.15, 0.2) is 0 Å². The summed E-state index contributed by atoms with van der Waals surface area (Å²) in [6, 6.07) is 0. The summed E-state index contributed by atoms with van der Waals surface area (Å²) in [5, 5.41) is 0. The first kappa shape index (κ1) is 17.1. The molecule has 20 heavy (non-hydrogen) atoms. The number of carbonyl (C=O) groups is 2. The highest BCUT2D eigenvalue weighted by Gasteiger charge is 2.51. The lowest BCUT2D eigenvalue weighted by Gasteiger charge is -2.38. The zero-order valence-corrected chi connectivity index (χ0v) is 12.8. The Morgan fingerprint density at radius 3 is 2.55 bits per heavy atom. The molecule has 0 aromatic heterocycles. The third kappa shape index (κ3) is 3.77. The van der Waals surface area contributed by atoms with Crippen LogP contribution in [-0.2, 0) is 24.5 Å². The van der Waals surface area contributed by atoms with Gasteiger partial charge in [0, 0.05) is 6.42 Å². The van der Waals surface area contributed by atoms with E-state index in [-0.39, 0.29) is 36.9 Å². The third-order valence-electron chi connectivity index (χ3n) is 4.18. The first-order valence-electron chi connectivity index (χ1n) is 6.66. The summed E-state index contributed by atoms with van der Waals surface area (Å²) in [5.41, 5.74) is -1.51. The summed E-state index contributed by atoms with van der Waals surface area (Å²) >= 11 is 0. The van der Waals surface area contributed by atoms with Crippen molar-refractivity contribution in [3.8, 4) is 0 Å². The van der Waals surface area contributed by atoms with E-state index in [1.165, 1.54) is 0 Å². The molecule has 1 rings (SSSR count). The number of methoxy groups -OCH3 is 1. The molecule has 0 spiro atoms. The minimum atomic E-state index is -4.72. The number of hydrogen-bond donors (Lipinski definition) is 0. The Morgan fingerprint density at radius 2 is 2.10 bits per heavy atom. The molecule has 0 saturated heterocycles. The molecule has 2 unspecified atom stereocenters. The normalized spacial score (nSPS) is 27.6. The van der Waals surface area contributed by atoms with Gasteiger partial charge in [-0.1, -0.05) is 13.8 Å². The van der Waals surface area contributed by atoms with E-state index in [2.05, 4.69) is 4.74 Å². The maximum atomic E-state index is 12.8. The fourth-order valence-electron chi connectivity index (χ4n) is 2.82. The largest absolute Gasteiger partial charge is 0.468 e. The van der Waals surface area contributed by atoms with Gasteiger partial charge in [0.1, 0.15) is 11.2 Å². The maximum Gasteiger partial charge on any atom is 0.319 e. The predicted molar refractivity (Wildman–Crippen MR) is 71.1 cm³/mol. The number of ketones is 1. The first-order chi connectivity index (χ1) is 9.12. The average Bonchev–Trinajstić information content (AvgIpc) is 2.35. The molecule has 0 amide bonds. The van der Waals surface area contributed by atoms with Crippen LogP contribution in [0.15, 0.2) is 0 Å². The lowest BCUT2D eigenvalue weighted by atomic mass is 9.64. The second kappa shape index (κ2) is 6.20. The highest BCUT2D eigenvalue weighted by Crippen LogP contribution is 2.43. The van der Waals surface area contributed by atoms with E-state index in [0.717, 1.165) is 7.11 Å². The van der Waals surface area contributed by atoms with Crippen molar-refractivity contribution in [1.82, 2.24) is 0 Å². The van der Waals surface area contributed by atoms with E-state index >= 15 is 0 Å². The van der Waals surface area contributed by atoms with E-state index in [1.54, 1.807) is 0 Å². The molecule has 0 heterocycles. The highest BCUT2D eigenvalue weighted by molar-refractivity contribution is 7.86. The predicted octanol–water partition coefficient (Wildman–Crippen LogP) is 1.86. The second-order valence-electron chi connectivity index (χ2n) is 5.74. The molecule has 0 radical (unpaired) electrons. The monoisotopic (exact) mass is 308 g/mol. The minimum absolute atomic E-state index is 0.120. The lowest BCUT2D eigenvalue weighted by molar-refractivity contribution is -0.162. The number of halogens is 1. The van der Waals surface area contributed by atoms with Crippen molar-refractivity contribution in [3.05, 3.63) is 0 Å². The fourth-order valence-corrected chi connectivity index (χ4v) is 3.41. The van der Waals surface area contributed by atoms with Crippen molar-refractivity contribution >= 4 is 22.0 Å². The van der Waals surface area contributed by atoms with Gasteiger partial charge in [-0.3, -0.25) is 9.59 Å². The second-order valence-corrected chi connectivity index (χ2v) is 7.22. The molecule has 2 atom stereocenters. The van der Waals surface area contributed by atoms with Crippen molar-refractivity contribution in [2.75, 3.05) is 12.9 Å². The Balaban J connectivity index is 3.07. The summed E-state index contributed by atoms with van der Waals surface area (Å²) in [4.78, 5) is 24.2. The Bertz CT molecular complexity index is 475. The Kier molecular flexibility index (Phi) is 5.29. The SMILES string of the molecule is COC(=O)C1(CCS(=O)(=O)F)CC(C(C)C)CCC1=O. The van der Waals surface area contributed by atoms with Gasteiger partial charge in [-0.2, -0.15) is 8.42 Å². The molecular formula is C13H21FO5S. The van der Waals surface area contributed by atoms with Crippen LogP contribution in [-0.4, -0.2) is 33.0 Å². The van der Waals surface area contributed by atoms with Crippen LogP contribution in [0, 0.1) is 17.3 Å². The fraction of sp³-hybridized carbons (Fsp3) is 0.846. The summed E-state index contributed by atoms with van der Waals surface area (Å²) < 4.78 is 38.9. The van der Waals surface area contributed by atoms with Crippen molar-refractivity contribution in [2.24, 2.45) is 17.3 Å². The summed E-state index contributed by atoms with van der Waals surface area (Å²) in [6.45, 7) is 3.96. The van der Waals surface area contributed by atoms with Crippen molar-refractivity contribution < 1.29 is 26.6 Å². The third-order valence-corrected chi connectivity index (χ3v) is 4.87. The first-order valence-corrected chi connectivity index (χ1v) is 8.21. The highest BCUT2D eigenvalue weighted by atomic mass is 32.3. The van der Waals surface area contributed by atoms with Gasteiger partial charge in [-0.05, 0) is 31.1 Å². The van der Waals surface area contributed by atoms with Gasteiger partial charge < -0.3 is 4.74 Å². The smallest absolute Gasteiger partial charge is 0.319 e. The van der Waals surface area contributed by atoms with E-state index < -0.39 is 27.4 Å².